The van der Waals surface area contributed by atoms with Gasteiger partial charge in [-0.05, 0) is 38.1 Å². The van der Waals surface area contributed by atoms with Gasteiger partial charge in [-0.1, -0.05) is 0 Å². The Kier molecular flexibility index (Phi) is 3.60. The highest BCUT2D eigenvalue weighted by molar-refractivity contribution is 5.60. The van der Waals surface area contributed by atoms with Gasteiger partial charge in [-0.2, -0.15) is 5.10 Å². The maximum absolute atomic E-state index is 4.49. The first-order valence-electron chi connectivity index (χ1n) is 6.98. The monoisotopic (exact) mass is 269 g/mol. The minimum atomic E-state index is 0.694. The number of benzene rings is 1. The number of piperazine rings is 1. The molecule has 20 heavy (non-hydrogen) atoms. The molecule has 1 aliphatic rings. The smallest absolute Gasteiger partial charge is 0.181 e. The minimum absolute atomic E-state index is 0.694. The van der Waals surface area contributed by atoms with Crippen LogP contribution in [0.15, 0.2) is 24.3 Å². The van der Waals surface area contributed by atoms with Gasteiger partial charge in [-0.15, -0.1) is 5.10 Å². The Labute approximate surface area is 119 Å². The van der Waals surface area contributed by atoms with E-state index in [1.165, 1.54) is 5.69 Å². The van der Waals surface area contributed by atoms with Crippen LogP contribution >= 0.6 is 0 Å². The van der Waals surface area contributed by atoms with E-state index >= 15 is 0 Å². The summed E-state index contributed by atoms with van der Waals surface area (Å²) in [5.74, 6) is 0.694. The molecule has 5 nitrogen and oxygen atoms in total. The van der Waals surface area contributed by atoms with Crippen molar-refractivity contribution in [1.29, 1.82) is 0 Å². The van der Waals surface area contributed by atoms with Crippen LogP contribution in [0.25, 0.3) is 11.4 Å². The van der Waals surface area contributed by atoms with Gasteiger partial charge in [0.25, 0.3) is 0 Å². The predicted molar refractivity (Wildman–Crippen MR) is 79.8 cm³/mol. The van der Waals surface area contributed by atoms with Crippen molar-refractivity contribution in [3.63, 3.8) is 0 Å². The van der Waals surface area contributed by atoms with Gasteiger partial charge in [0.2, 0.25) is 0 Å². The van der Waals surface area contributed by atoms with Crippen molar-refractivity contribution in [2.75, 3.05) is 31.1 Å². The van der Waals surface area contributed by atoms with E-state index in [1.54, 1.807) is 0 Å². The molecule has 0 radical (unpaired) electrons. The summed E-state index contributed by atoms with van der Waals surface area (Å²) in [6.45, 7) is 8.09. The summed E-state index contributed by atoms with van der Waals surface area (Å²) in [6.07, 6.45) is 0. The van der Waals surface area contributed by atoms with Crippen molar-refractivity contribution in [1.82, 2.24) is 20.5 Å². The van der Waals surface area contributed by atoms with Gasteiger partial charge >= 0.3 is 0 Å². The molecule has 1 fully saturated rings. The molecule has 0 amide bonds. The third-order valence-electron chi connectivity index (χ3n) is 3.70. The summed E-state index contributed by atoms with van der Waals surface area (Å²) >= 11 is 0. The quantitative estimate of drug-likeness (QED) is 0.896. The van der Waals surface area contributed by atoms with Crippen LogP contribution in [0.2, 0.25) is 0 Å². The first-order chi connectivity index (χ1) is 9.74. The Hall–Kier alpha value is -2.01. The molecule has 2 aromatic rings. The van der Waals surface area contributed by atoms with E-state index in [1.807, 2.05) is 13.8 Å². The first-order valence-corrected chi connectivity index (χ1v) is 6.98. The van der Waals surface area contributed by atoms with Crippen molar-refractivity contribution in [3.05, 3.63) is 35.7 Å². The van der Waals surface area contributed by atoms with Gasteiger partial charge in [0.15, 0.2) is 5.82 Å². The zero-order valence-electron chi connectivity index (χ0n) is 11.9. The molecule has 2 heterocycles. The highest BCUT2D eigenvalue weighted by atomic mass is 15.2. The lowest BCUT2D eigenvalue weighted by Gasteiger charge is -2.29. The molecule has 1 aromatic heterocycles. The maximum Gasteiger partial charge on any atom is 0.181 e. The summed E-state index contributed by atoms with van der Waals surface area (Å²) in [4.78, 5) is 6.88. The molecule has 0 bridgehead atoms. The topological polar surface area (TPSA) is 53.9 Å². The van der Waals surface area contributed by atoms with E-state index in [4.69, 9.17) is 0 Å². The molecule has 0 spiro atoms. The first kappa shape index (κ1) is 13.0. The average molecular weight is 269 g/mol. The zero-order chi connectivity index (χ0) is 13.9. The van der Waals surface area contributed by atoms with E-state index in [2.05, 4.69) is 49.7 Å². The number of hydrogen-bond donors (Lipinski definition) is 1. The molecular weight excluding hydrogens is 250 g/mol. The van der Waals surface area contributed by atoms with E-state index in [0.29, 0.717) is 5.82 Å². The minimum Gasteiger partial charge on any atom is -0.369 e. The summed E-state index contributed by atoms with van der Waals surface area (Å²) in [6, 6.07) is 8.42. The molecule has 5 heteroatoms. The SMILES string of the molecule is Cc1nnc(-c2ccc(N3CCNCC3)cc2)nc1C. The third kappa shape index (κ3) is 2.63. The molecule has 0 atom stereocenters. The number of aromatic nitrogens is 3. The highest BCUT2D eigenvalue weighted by Gasteiger charge is 2.11. The lowest BCUT2D eigenvalue weighted by molar-refractivity contribution is 0.589. The maximum atomic E-state index is 4.49. The molecule has 1 aliphatic heterocycles. The van der Waals surface area contributed by atoms with Gasteiger partial charge in [-0.25, -0.2) is 4.98 Å². The molecular formula is C15H19N5. The molecule has 0 aliphatic carbocycles. The summed E-state index contributed by atoms with van der Waals surface area (Å²) in [5, 5.41) is 11.7. The third-order valence-corrected chi connectivity index (χ3v) is 3.70. The largest absolute Gasteiger partial charge is 0.369 e. The molecule has 1 aromatic carbocycles. The summed E-state index contributed by atoms with van der Waals surface area (Å²) < 4.78 is 0. The second kappa shape index (κ2) is 5.54. The van der Waals surface area contributed by atoms with Crippen molar-refractivity contribution in [3.8, 4) is 11.4 Å². The molecule has 0 saturated carbocycles. The standard InChI is InChI=1S/C15H19N5/c1-11-12(2)18-19-15(17-11)13-3-5-14(6-4-13)20-9-7-16-8-10-20/h3-6,16H,7-10H2,1-2H3. The van der Waals surface area contributed by atoms with Crippen LogP contribution in [0.3, 0.4) is 0 Å². The predicted octanol–water partition coefficient (Wildman–Crippen LogP) is 1.57. The van der Waals surface area contributed by atoms with E-state index in [-0.39, 0.29) is 0 Å². The molecule has 1 N–H and O–H groups in total. The van der Waals surface area contributed by atoms with Gasteiger partial charge in [0.05, 0.1) is 11.4 Å². The van der Waals surface area contributed by atoms with Crippen LogP contribution in [-0.2, 0) is 0 Å². The van der Waals surface area contributed by atoms with Crippen LogP contribution < -0.4 is 10.2 Å². The molecule has 3 rings (SSSR count). The van der Waals surface area contributed by atoms with Crippen LogP contribution in [-0.4, -0.2) is 41.4 Å². The summed E-state index contributed by atoms with van der Waals surface area (Å²) in [5.41, 5.74) is 4.08. The highest BCUT2D eigenvalue weighted by Crippen LogP contribution is 2.21. The zero-order valence-corrected chi connectivity index (χ0v) is 11.9. The Morgan fingerprint density at radius 2 is 1.65 bits per heavy atom. The molecule has 1 saturated heterocycles. The van der Waals surface area contributed by atoms with E-state index in [9.17, 15) is 0 Å². The number of anilines is 1. The van der Waals surface area contributed by atoms with Crippen molar-refractivity contribution < 1.29 is 0 Å². The Balaban J connectivity index is 1.83. The lowest BCUT2D eigenvalue weighted by atomic mass is 10.1. The van der Waals surface area contributed by atoms with Gasteiger partial charge < -0.3 is 10.2 Å². The van der Waals surface area contributed by atoms with Crippen LogP contribution in [0, 0.1) is 13.8 Å². The molecule has 104 valence electrons. The average Bonchev–Trinajstić information content (AvgIpc) is 2.51. The van der Waals surface area contributed by atoms with E-state index in [0.717, 1.165) is 43.1 Å². The van der Waals surface area contributed by atoms with Crippen molar-refractivity contribution in [2.24, 2.45) is 0 Å². The van der Waals surface area contributed by atoms with Crippen molar-refractivity contribution in [2.45, 2.75) is 13.8 Å². The number of nitrogens with zero attached hydrogens (tertiary/aromatic N) is 4. The Morgan fingerprint density at radius 3 is 2.30 bits per heavy atom. The Bertz CT molecular complexity index is 588. The fourth-order valence-electron chi connectivity index (χ4n) is 2.32. The second-order valence-electron chi connectivity index (χ2n) is 5.09. The second-order valence-corrected chi connectivity index (χ2v) is 5.09. The fraction of sp³-hybridized carbons (Fsp3) is 0.400. The number of aryl methyl sites for hydroxylation is 2. The normalized spacial score (nSPS) is 15.4. The Morgan fingerprint density at radius 1 is 0.950 bits per heavy atom. The summed E-state index contributed by atoms with van der Waals surface area (Å²) in [7, 11) is 0. The van der Waals surface area contributed by atoms with E-state index < -0.39 is 0 Å². The van der Waals surface area contributed by atoms with Crippen LogP contribution in [0.4, 0.5) is 5.69 Å². The number of hydrogen-bond acceptors (Lipinski definition) is 5. The number of rotatable bonds is 2. The number of nitrogens with one attached hydrogen (secondary N) is 1. The molecule has 0 unspecified atom stereocenters. The van der Waals surface area contributed by atoms with Gasteiger partial charge in [0.1, 0.15) is 0 Å². The van der Waals surface area contributed by atoms with Gasteiger partial charge in [-0.3, -0.25) is 0 Å². The fourth-order valence-corrected chi connectivity index (χ4v) is 2.32. The van der Waals surface area contributed by atoms with Gasteiger partial charge in [0, 0.05) is 37.4 Å². The van der Waals surface area contributed by atoms with Crippen LogP contribution in [0.1, 0.15) is 11.4 Å². The van der Waals surface area contributed by atoms with Crippen molar-refractivity contribution >= 4 is 5.69 Å². The van der Waals surface area contributed by atoms with Crippen LogP contribution in [0.5, 0.6) is 0 Å². The lowest BCUT2D eigenvalue weighted by Crippen LogP contribution is -2.43.